The number of nitrogens with zero attached hydrogens (tertiary/aromatic N) is 7. The van der Waals surface area contributed by atoms with Gasteiger partial charge >= 0.3 is 12.4 Å². The predicted molar refractivity (Wildman–Crippen MR) is 116 cm³/mol. The highest BCUT2D eigenvalue weighted by atomic mass is 32.1. The van der Waals surface area contributed by atoms with Crippen LogP contribution in [0, 0.1) is 0 Å². The van der Waals surface area contributed by atoms with Crippen LogP contribution in [0.25, 0.3) is 10.7 Å². The zero-order chi connectivity index (χ0) is 24.7. The first-order chi connectivity index (χ1) is 15.9. The van der Waals surface area contributed by atoms with Crippen LogP contribution in [0.2, 0.25) is 0 Å². The Bertz CT molecular complexity index is 1100. The van der Waals surface area contributed by atoms with Gasteiger partial charge in [0.25, 0.3) is 0 Å². The minimum Gasteiger partial charge on any atom is -0.368 e. The van der Waals surface area contributed by atoms with Crippen LogP contribution in [0.15, 0.2) is 30.3 Å². The van der Waals surface area contributed by atoms with E-state index in [1.54, 1.807) is 17.0 Å². The maximum Gasteiger partial charge on any atom is 0.416 e. The highest BCUT2D eigenvalue weighted by Gasteiger charge is 2.37. The first kappa shape index (κ1) is 24.0. The van der Waals surface area contributed by atoms with Gasteiger partial charge in [0.05, 0.1) is 11.1 Å². The zero-order valence-corrected chi connectivity index (χ0v) is 18.8. The molecule has 0 atom stereocenters. The fourth-order valence-corrected chi connectivity index (χ4v) is 4.12. The van der Waals surface area contributed by atoms with Gasteiger partial charge in [-0.2, -0.15) is 35.7 Å². The molecular weight excluding hydrogens is 484 g/mol. The highest BCUT2D eigenvalue weighted by molar-refractivity contribution is 7.09. The van der Waals surface area contributed by atoms with Gasteiger partial charge in [0.15, 0.2) is 10.8 Å². The number of hydrogen-bond acceptors (Lipinski definition) is 8. The van der Waals surface area contributed by atoms with Gasteiger partial charge in [-0.3, -0.25) is 0 Å². The molecule has 3 aromatic rings. The van der Waals surface area contributed by atoms with Crippen molar-refractivity contribution >= 4 is 29.0 Å². The van der Waals surface area contributed by atoms with Crippen LogP contribution in [0.1, 0.15) is 11.1 Å². The Balaban J connectivity index is 1.47. The number of benzene rings is 1. The van der Waals surface area contributed by atoms with Crippen LogP contribution in [0.5, 0.6) is 0 Å². The summed E-state index contributed by atoms with van der Waals surface area (Å²) in [6.45, 7) is 1.17. The van der Waals surface area contributed by atoms with E-state index in [0.717, 1.165) is 12.1 Å². The number of alkyl halides is 6. The lowest BCUT2D eigenvalue weighted by Crippen LogP contribution is -2.47. The standard InChI is InChI=1S/C20H19F6N7S/c1-31(2)18-27-17(34-30-18)15-3-4-16(29-28-15)33-7-5-32(6-8-33)14-10-12(19(21,22)23)9-13(11-14)20(24,25)26/h3-4,9-11H,5-8H2,1-2H3. The van der Waals surface area contributed by atoms with Crippen LogP contribution in [0.3, 0.4) is 0 Å². The number of rotatable bonds is 4. The quantitative estimate of drug-likeness (QED) is 0.489. The van der Waals surface area contributed by atoms with Crippen molar-refractivity contribution in [3.63, 3.8) is 0 Å². The van der Waals surface area contributed by atoms with Crippen LogP contribution in [-0.2, 0) is 12.4 Å². The molecule has 0 radical (unpaired) electrons. The SMILES string of the molecule is CN(C)c1nsc(-c2ccc(N3CCN(c4cc(C(F)(F)F)cc(C(F)(F)F)c4)CC3)nn2)n1. The van der Waals surface area contributed by atoms with E-state index in [-0.39, 0.29) is 24.8 Å². The summed E-state index contributed by atoms with van der Waals surface area (Å²) in [4.78, 5) is 9.51. The number of anilines is 3. The van der Waals surface area contributed by atoms with Gasteiger partial charge in [0.2, 0.25) is 5.95 Å². The maximum atomic E-state index is 13.2. The molecule has 1 aromatic carbocycles. The molecule has 3 heterocycles. The normalized spacial score (nSPS) is 15.1. The molecule has 0 spiro atoms. The number of halogens is 6. The zero-order valence-electron chi connectivity index (χ0n) is 18.0. The molecular formula is C20H19F6N7S. The molecule has 2 aromatic heterocycles. The third-order valence-corrected chi connectivity index (χ3v) is 5.95. The molecule has 0 bridgehead atoms. The first-order valence-electron chi connectivity index (χ1n) is 10.1. The first-order valence-corrected chi connectivity index (χ1v) is 10.8. The Morgan fingerprint density at radius 1 is 0.824 bits per heavy atom. The van der Waals surface area contributed by atoms with Crippen molar-refractivity contribution in [2.24, 2.45) is 0 Å². The molecule has 0 N–H and O–H groups in total. The average Bonchev–Trinajstić information content (AvgIpc) is 3.29. The van der Waals surface area contributed by atoms with E-state index < -0.39 is 23.5 Å². The fraction of sp³-hybridized carbons (Fsp3) is 0.400. The molecule has 1 fully saturated rings. The van der Waals surface area contributed by atoms with Crippen molar-refractivity contribution in [2.45, 2.75) is 12.4 Å². The summed E-state index contributed by atoms with van der Waals surface area (Å²) in [7, 11) is 3.65. The van der Waals surface area contributed by atoms with E-state index in [4.69, 9.17) is 0 Å². The molecule has 34 heavy (non-hydrogen) atoms. The minimum atomic E-state index is -4.88. The van der Waals surface area contributed by atoms with E-state index in [2.05, 4.69) is 19.6 Å². The number of piperazine rings is 1. The smallest absolute Gasteiger partial charge is 0.368 e. The lowest BCUT2D eigenvalue weighted by molar-refractivity contribution is -0.143. The van der Waals surface area contributed by atoms with Gasteiger partial charge < -0.3 is 14.7 Å². The van der Waals surface area contributed by atoms with Crippen molar-refractivity contribution in [1.29, 1.82) is 0 Å². The summed E-state index contributed by atoms with van der Waals surface area (Å²) in [6, 6.07) is 5.14. The maximum absolute atomic E-state index is 13.2. The lowest BCUT2D eigenvalue weighted by Gasteiger charge is -2.37. The summed E-state index contributed by atoms with van der Waals surface area (Å²) in [6.07, 6.45) is -9.76. The second-order valence-corrected chi connectivity index (χ2v) is 8.56. The summed E-state index contributed by atoms with van der Waals surface area (Å²) in [5.74, 6) is 1.12. The average molecular weight is 503 g/mol. The summed E-state index contributed by atoms with van der Waals surface area (Å²) < 4.78 is 83.2. The van der Waals surface area contributed by atoms with Crippen molar-refractivity contribution in [1.82, 2.24) is 19.6 Å². The third kappa shape index (κ3) is 5.16. The topological polar surface area (TPSA) is 61.3 Å². The van der Waals surface area contributed by atoms with Gasteiger partial charge in [-0.05, 0) is 41.9 Å². The molecule has 1 saturated heterocycles. The van der Waals surface area contributed by atoms with Crippen molar-refractivity contribution in [2.75, 3.05) is 55.0 Å². The summed E-state index contributed by atoms with van der Waals surface area (Å²) >= 11 is 1.19. The van der Waals surface area contributed by atoms with E-state index in [1.807, 2.05) is 19.0 Å². The molecule has 4 rings (SSSR count). The van der Waals surface area contributed by atoms with Gasteiger partial charge in [-0.15, -0.1) is 10.2 Å². The molecule has 182 valence electrons. The Labute approximate surface area is 194 Å². The van der Waals surface area contributed by atoms with E-state index in [1.165, 1.54) is 16.4 Å². The van der Waals surface area contributed by atoms with Gasteiger partial charge in [-0.25, -0.2) is 0 Å². The summed E-state index contributed by atoms with van der Waals surface area (Å²) in [5.41, 5.74) is -2.21. The Morgan fingerprint density at radius 2 is 1.41 bits per heavy atom. The Hall–Kier alpha value is -3.16. The molecule has 0 unspecified atom stereocenters. The second kappa shape index (κ2) is 8.89. The molecule has 0 amide bonds. The molecule has 7 nitrogen and oxygen atoms in total. The van der Waals surface area contributed by atoms with Crippen LogP contribution >= 0.6 is 11.5 Å². The number of hydrogen-bond donors (Lipinski definition) is 0. The highest BCUT2D eigenvalue weighted by Crippen LogP contribution is 2.38. The molecule has 1 aliphatic heterocycles. The van der Waals surface area contributed by atoms with Crippen LogP contribution < -0.4 is 14.7 Å². The fourth-order valence-electron chi connectivity index (χ4n) is 3.42. The summed E-state index contributed by atoms with van der Waals surface area (Å²) in [5, 5.41) is 9.00. The van der Waals surface area contributed by atoms with Crippen LogP contribution in [-0.4, -0.2) is 59.8 Å². The Kier molecular flexibility index (Phi) is 6.27. The predicted octanol–water partition coefficient (Wildman–Crippen LogP) is 4.43. The van der Waals surface area contributed by atoms with E-state index in [0.29, 0.717) is 35.6 Å². The largest absolute Gasteiger partial charge is 0.416 e. The monoisotopic (exact) mass is 503 g/mol. The molecule has 14 heteroatoms. The Morgan fingerprint density at radius 3 is 1.88 bits per heavy atom. The molecule has 1 aliphatic rings. The second-order valence-electron chi connectivity index (χ2n) is 7.81. The van der Waals surface area contributed by atoms with Crippen molar-refractivity contribution < 1.29 is 26.3 Å². The lowest BCUT2D eigenvalue weighted by atomic mass is 10.1. The van der Waals surface area contributed by atoms with Gasteiger partial charge in [0, 0.05) is 46.0 Å². The number of aromatic nitrogens is 4. The van der Waals surface area contributed by atoms with Crippen molar-refractivity contribution in [3.05, 3.63) is 41.5 Å². The van der Waals surface area contributed by atoms with Crippen LogP contribution in [0.4, 0.5) is 43.8 Å². The van der Waals surface area contributed by atoms with Gasteiger partial charge in [-0.1, -0.05) is 0 Å². The van der Waals surface area contributed by atoms with E-state index >= 15 is 0 Å². The van der Waals surface area contributed by atoms with E-state index in [9.17, 15) is 26.3 Å². The third-order valence-electron chi connectivity index (χ3n) is 5.23. The molecule has 0 saturated carbocycles. The molecule has 0 aliphatic carbocycles. The minimum absolute atomic E-state index is 0.115. The van der Waals surface area contributed by atoms with Crippen molar-refractivity contribution in [3.8, 4) is 10.7 Å². The van der Waals surface area contributed by atoms with Gasteiger partial charge in [0.1, 0.15) is 5.69 Å².